The first-order valence-corrected chi connectivity index (χ1v) is 6.98. The summed E-state index contributed by atoms with van der Waals surface area (Å²) in [4.78, 5) is 10.8. The van der Waals surface area contributed by atoms with Gasteiger partial charge in [-0.2, -0.15) is 0 Å². The summed E-state index contributed by atoms with van der Waals surface area (Å²) in [7, 11) is 2.96. The van der Waals surface area contributed by atoms with Crippen LogP contribution in [-0.2, 0) is 14.3 Å². The van der Waals surface area contributed by atoms with Crippen LogP contribution < -0.4 is 0 Å². The van der Waals surface area contributed by atoms with Gasteiger partial charge in [0.15, 0.2) is 6.29 Å². The van der Waals surface area contributed by atoms with E-state index in [0.717, 1.165) is 32.1 Å². The van der Waals surface area contributed by atoms with Crippen LogP contribution in [0, 0.1) is 0 Å². The van der Waals surface area contributed by atoms with Crippen molar-refractivity contribution in [1.29, 1.82) is 0 Å². The summed E-state index contributed by atoms with van der Waals surface area (Å²) in [5.41, 5.74) is 0. The highest BCUT2D eigenvalue weighted by atomic mass is 16.6. The number of carbonyl (C=O) groups excluding carboxylic acids is 1. The van der Waals surface area contributed by atoms with Crippen LogP contribution >= 0.6 is 0 Å². The molecule has 0 spiro atoms. The number of ether oxygens (including phenoxy) is 2. The van der Waals surface area contributed by atoms with Gasteiger partial charge in [0.05, 0.1) is 7.11 Å². The number of esters is 1. The predicted octanol–water partition coefficient (Wildman–Crippen LogP) is 3.03. The monoisotopic (exact) mass is 260 g/mol. The van der Waals surface area contributed by atoms with Crippen molar-refractivity contribution in [2.24, 2.45) is 0 Å². The summed E-state index contributed by atoms with van der Waals surface area (Å²) < 4.78 is 9.35. The average molecular weight is 260 g/mol. The van der Waals surface area contributed by atoms with E-state index in [9.17, 15) is 4.79 Å². The number of aliphatic hydroxyl groups excluding tert-OH is 1. The van der Waals surface area contributed by atoms with Crippen LogP contribution in [0.1, 0.15) is 64.2 Å². The molecule has 0 bridgehead atoms. The normalized spacial score (nSPS) is 12.4. The van der Waals surface area contributed by atoms with Crippen molar-refractivity contribution in [3.63, 3.8) is 0 Å². The molecule has 108 valence electrons. The Balaban J connectivity index is 3.05. The minimum atomic E-state index is -0.594. The van der Waals surface area contributed by atoms with Crippen LogP contribution in [0.4, 0.5) is 0 Å². The molecule has 1 N–H and O–H groups in total. The van der Waals surface area contributed by atoms with Gasteiger partial charge in [-0.1, -0.05) is 38.5 Å². The summed E-state index contributed by atoms with van der Waals surface area (Å²) in [6.07, 6.45) is 9.79. The zero-order valence-corrected chi connectivity index (χ0v) is 11.8. The Morgan fingerprint density at radius 2 is 1.44 bits per heavy atom. The van der Waals surface area contributed by atoms with E-state index in [0.29, 0.717) is 6.42 Å². The molecule has 0 unspecified atom stereocenters. The molecule has 0 aromatic rings. The molecule has 0 rings (SSSR count). The molecule has 0 fully saturated rings. The van der Waals surface area contributed by atoms with Crippen molar-refractivity contribution in [2.75, 3.05) is 14.2 Å². The smallest absolute Gasteiger partial charge is 0.305 e. The number of rotatable bonds is 12. The highest BCUT2D eigenvalue weighted by Crippen LogP contribution is 2.11. The van der Waals surface area contributed by atoms with Crippen LogP contribution in [0.5, 0.6) is 0 Å². The third kappa shape index (κ3) is 11.9. The van der Waals surface area contributed by atoms with Gasteiger partial charge < -0.3 is 14.6 Å². The summed E-state index contributed by atoms with van der Waals surface area (Å²) in [6.45, 7) is 0. The Kier molecular flexibility index (Phi) is 12.4. The summed E-state index contributed by atoms with van der Waals surface area (Å²) >= 11 is 0. The molecule has 0 saturated carbocycles. The van der Waals surface area contributed by atoms with E-state index in [1.54, 1.807) is 0 Å². The Morgan fingerprint density at radius 1 is 0.944 bits per heavy atom. The highest BCUT2D eigenvalue weighted by Gasteiger charge is 2.01. The van der Waals surface area contributed by atoms with Crippen molar-refractivity contribution in [2.45, 2.75) is 70.5 Å². The Labute approximate surface area is 111 Å². The van der Waals surface area contributed by atoms with E-state index in [4.69, 9.17) is 9.84 Å². The Morgan fingerprint density at radius 3 is 1.94 bits per heavy atom. The van der Waals surface area contributed by atoms with Gasteiger partial charge in [0.25, 0.3) is 0 Å². The maximum absolute atomic E-state index is 10.8. The van der Waals surface area contributed by atoms with Crippen molar-refractivity contribution >= 4 is 5.97 Å². The highest BCUT2D eigenvalue weighted by molar-refractivity contribution is 5.68. The first kappa shape index (κ1) is 17.4. The molecule has 0 saturated heterocycles. The van der Waals surface area contributed by atoms with Crippen molar-refractivity contribution in [1.82, 2.24) is 0 Å². The van der Waals surface area contributed by atoms with E-state index in [1.165, 1.54) is 39.9 Å². The number of unbranched alkanes of at least 4 members (excludes halogenated alkanes) is 7. The first-order chi connectivity index (χ1) is 8.70. The zero-order chi connectivity index (χ0) is 13.6. The largest absolute Gasteiger partial charge is 0.469 e. The van der Waals surface area contributed by atoms with Crippen molar-refractivity contribution < 1.29 is 19.4 Å². The molecule has 1 atom stereocenters. The van der Waals surface area contributed by atoms with Crippen LogP contribution in [0.25, 0.3) is 0 Å². The zero-order valence-electron chi connectivity index (χ0n) is 11.8. The lowest BCUT2D eigenvalue weighted by molar-refractivity contribution is -0.140. The van der Waals surface area contributed by atoms with E-state index in [-0.39, 0.29) is 5.97 Å². The van der Waals surface area contributed by atoms with Gasteiger partial charge >= 0.3 is 5.97 Å². The Bertz CT molecular complexity index is 194. The first-order valence-electron chi connectivity index (χ1n) is 6.98. The molecule has 18 heavy (non-hydrogen) atoms. The fraction of sp³-hybridized carbons (Fsp3) is 0.929. The molecule has 0 aromatic heterocycles. The lowest BCUT2D eigenvalue weighted by atomic mass is 10.1. The number of carbonyl (C=O) groups is 1. The standard InChI is InChI=1S/C14H28O4/c1-17-13(15)11-9-7-5-3-4-6-8-10-12-14(16)18-2/h13,15H,3-12H2,1-2H3/t13-/m0/s1. The van der Waals surface area contributed by atoms with Crippen LogP contribution in [0.3, 0.4) is 0 Å². The van der Waals surface area contributed by atoms with Gasteiger partial charge in [-0.3, -0.25) is 4.79 Å². The minimum Gasteiger partial charge on any atom is -0.469 e. The molecule has 0 heterocycles. The molecule has 0 radical (unpaired) electrons. The van der Waals surface area contributed by atoms with Crippen molar-refractivity contribution in [3.05, 3.63) is 0 Å². The predicted molar refractivity (Wildman–Crippen MR) is 71.2 cm³/mol. The second-order valence-electron chi connectivity index (χ2n) is 4.63. The number of hydrogen-bond donors (Lipinski definition) is 1. The molecule has 4 heteroatoms. The maximum Gasteiger partial charge on any atom is 0.305 e. The Hall–Kier alpha value is -0.610. The topological polar surface area (TPSA) is 55.8 Å². The maximum atomic E-state index is 10.8. The van der Waals surface area contributed by atoms with Crippen molar-refractivity contribution in [3.8, 4) is 0 Å². The fourth-order valence-corrected chi connectivity index (χ4v) is 1.87. The third-order valence-corrected chi connectivity index (χ3v) is 3.08. The minimum absolute atomic E-state index is 0.105. The molecule has 0 aliphatic rings. The number of aliphatic hydroxyl groups is 1. The van der Waals surface area contributed by atoms with E-state index in [1.807, 2.05) is 0 Å². The summed E-state index contributed by atoms with van der Waals surface area (Å²) in [5, 5.41) is 9.16. The van der Waals surface area contributed by atoms with Gasteiger partial charge in [-0.25, -0.2) is 0 Å². The summed E-state index contributed by atoms with van der Waals surface area (Å²) in [6, 6.07) is 0. The van der Waals surface area contributed by atoms with Gasteiger partial charge in [0.2, 0.25) is 0 Å². The molecular weight excluding hydrogens is 232 g/mol. The van der Waals surface area contributed by atoms with E-state index < -0.39 is 6.29 Å². The fourth-order valence-electron chi connectivity index (χ4n) is 1.87. The average Bonchev–Trinajstić information content (AvgIpc) is 2.40. The van der Waals surface area contributed by atoms with Gasteiger partial charge in [0.1, 0.15) is 0 Å². The lowest BCUT2D eigenvalue weighted by Crippen LogP contribution is -2.07. The van der Waals surface area contributed by atoms with E-state index in [2.05, 4.69) is 4.74 Å². The van der Waals surface area contributed by atoms with Gasteiger partial charge in [-0.15, -0.1) is 0 Å². The molecule has 0 aliphatic carbocycles. The summed E-state index contributed by atoms with van der Waals surface area (Å²) in [5.74, 6) is -0.105. The molecule has 0 aromatic carbocycles. The quantitative estimate of drug-likeness (QED) is 0.333. The molecule has 4 nitrogen and oxygen atoms in total. The third-order valence-electron chi connectivity index (χ3n) is 3.08. The number of hydrogen-bond acceptors (Lipinski definition) is 4. The number of methoxy groups -OCH3 is 2. The van der Waals surface area contributed by atoms with E-state index >= 15 is 0 Å². The van der Waals surface area contributed by atoms with Gasteiger partial charge in [-0.05, 0) is 19.3 Å². The van der Waals surface area contributed by atoms with Crippen LogP contribution in [0.15, 0.2) is 0 Å². The van der Waals surface area contributed by atoms with Crippen LogP contribution in [-0.4, -0.2) is 31.6 Å². The molecule has 0 amide bonds. The van der Waals surface area contributed by atoms with Crippen LogP contribution in [0.2, 0.25) is 0 Å². The molecule has 0 aliphatic heterocycles. The second kappa shape index (κ2) is 12.8. The lowest BCUT2D eigenvalue weighted by Gasteiger charge is -2.07. The molecular formula is C14H28O4. The second-order valence-corrected chi connectivity index (χ2v) is 4.63. The SMILES string of the molecule is COC(=O)CCCCCCCCCC[C@@H](O)OC. The van der Waals surface area contributed by atoms with Gasteiger partial charge in [0, 0.05) is 13.5 Å².